The number of allylic oxidation sites excluding steroid dienone is 1. The van der Waals surface area contributed by atoms with Crippen LogP contribution in [0.4, 0.5) is 0 Å². The molecule has 0 heterocycles. The average molecular weight is 196 g/mol. The minimum Gasteiger partial charge on any atom is -0.386 e. The molecule has 0 saturated heterocycles. The van der Waals surface area contributed by atoms with Gasteiger partial charge in [0.1, 0.15) is 0 Å². The molecule has 0 amide bonds. The molecule has 0 aromatic rings. The highest BCUT2D eigenvalue weighted by atomic mass is 16.3. The third-order valence-corrected chi connectivity index (χ3v) is 3.52. The first-order valence-corrected chi connectivity index (χ1v) is 5.94. The summed E-state index contributed by atoms with van der Waals surface area (Å²) in [6.07, 6.45) is 11.0. The van der Waals surface area contributed by atoms with Crippen molar-refractivity contribution >= 4 is 0 Å². The predicted molar refractivity (Wildman–Crippen MR) is 61.2 cm³/mol. The van der Waals surface area contributed by atoms with E-state index in [4.69, 9.17) is 0 Å². The maximum absolute atomic E-state index is 10.0. The summed E-state index contributed by atoms with van der Waals surface area (Å²) >= 11 is 0. The van der Waals surface area contributed by atoms with Crippen molar-refractivity contribution in [3.8, 4) is 0 Å². The van der Waals surface area contributed by atoms with Crippen LogP contribution >= 0.6 is 0 Å². The van der Waals surface area contributed by atoms with Crippen LogP contribution in [0.25, 0.3) is 0 Å². The van der Waals surface area contributed by atoms with Crippen molar-refractivity contribution in [1.29, 1.82) is 0 Å². The zero-order valence-electron chi connectivity index (χ0n) is 9.79. The van der Waals surface area contributed by atoms with Gasteiger partial charge in [-0.3, -0.25) is 0 Å². The van der Waals surface area contributed by atoms with E-state index in [0.29, 0.717) is 11.8 Å². The Morgan fingerprint density at radius 1 is 1.21 bits per heavy atom. The molecule has 1 heteroatoms. The highest BCUT2D eigenvalue weighted by molar-refractivity contribution is 5.02. The highest BCUT2D eigenvalue weighted by Crippen LogP contribution is 2.26. The molecule has 0 bridgehead atoms. The van der Waals surface area contributed by atoms with Gasteiger partial charge in [0, 0.05) is 0 Å². The van der Waals surface area contributed by atoms with Crippen molar-refractivity contribution in [2.45, 2.75) is 58.5 Å². The summed E-state index contributed by atoms with van der Waals surface area (Å²) in [6, 6.07) is 0. The quantitative estimate of drug-likeness (QED) is 0.685. The van der Waals surface area contributed by atoms with Crippen molar-refractivity contribution in [3.05, 3.63) is 12.2 Å². The van der Waals surface area contributed by atoms with E-state index >= 15 is 0 Å². The first-order valence-electron chi connectivity index (χ1n) is 5.94. The van der Waals surface area contributed by atoms with E-state index in [9.17, 15) is 5.11 Å². The summed E-state index contributed by atoms with van der Waals surface area (Å²) in [4.78, 5) is 0. The fraction of sp³-hybridized carbons (Fsp3) is 0.846. The Morgan fingerprint density at radius 2 is 1.79 bits per heavy atom. The van der Waals surface area contributed by atoms with Crippen molar-refractivity contribution in [2.75, 3.05) is 0 Å². The van der Waals surface area contributed by atoms with E-state index in [1.54, 1.807) is 0 Å². The lowest BCUT2D eigenvalue weighted by Crippen LogP contribution is -2.28. The molecule has 1 aliphatic rings. The van der Waals surface area contributed by atoms with Gasteiger partial charge >= 0.3 is 0 Å². The Labute approximate surface area is 88.2 Å². The van der Waals surface area contributed by atoms with Gasteiger partial charge < -0.3 is 5.11 Å². The molecule has 1 aliphatic carbocycles. The first-order chi connectivity index (χ1) is 6.52. The van der Waals surface area contributed by atoms with Crippen molar-refractivity contribution in [1.82, 2.24) is 0 Å². The zero-order valence-corrected chi connectivity index (χ0v) is 9.79. The van der Waals surface area contributed by atoms with Gasteiger partial charge in [-0.05, 0) is 31.6 Å². The third kappa shape index (κ3) is 3.45. The second kappa shape index (κ2) is 4.97. The van der Waals surface area contributed by atoms with E-state index in [-0.39, 0.29) is 0 Å². The minimum absolute atomic E-state index is 0.294. The molecule has 14 heavy (non-hydrogen) atoms. The van der Waals surface area contributed by atoms with Gasteiger partial charge in [-0.25, -0.2) is 0 Å². The van der Waals surface area contributed by atoms with Crippen LogP contribution in [0.1, 0.15) is 52.9 Å². The van der Waals surface area contributed by atoms with Gasteiger partial charge in [0.05, 0.1) is 5.60 Å². The molecule has 1 saturated carbocycles. The van der Waals surface area contributed by atoms with Gasteiger partial charge in [-0.15, -0.1) is 0 Å². The van der Waals surface area contributed by atoms with Crippen LogP contribution < -0.4 is 0 Å². The van der Waals surface area contributed by atoms with Gasteiger partial charge in [-0.1, -0.05) is 45.3 Å². The van der Waals surface area contributed by atoms with Gasteiger partial charge in [0.2, 0.25) is 0 Å². The van der Waals surface area contributed by atoms with E-state index in [0.717, 1.165) is 0 Å². The average Bonchev–Trinajstić information content (AvgIpc) is 2.16. The van der Waals surface area contributed by atoms with Crippen LogP contribution in [-0.4, -0.2) is 10.7 Å². The molecule has 0 aromatic heterocycles. The van der Waals surface area contributed by atoms with Crippen LogP contribution in [0.3, 0.4) is 0 Å². The zero-order chi connectivity index (χ0) is 10.6. The predicted octanol–water partition coefficient (Wildman–Crippen LogP) is 3.53. The molecule has 0 radical (unpaired) electrons. The summed E-state index contributed by atoms with van der Waals surface area (Å²) in [7, 11) is 0. The maximum Gasteiger partial charge on any atom is 0.0822 e. The van der Waals surface area contributed by atoms with E-state index in [2.05, 4.69) is 19.9 Å². The summed E-state index contributed by atoms with van der Waals surface area (Å²) in [5.41, 5.74) is -0.628. The van der Waals surface area contributed by atoms with Crippen LogP contribution in [0.15, 0.2) is 12.2 Å². The van der Waals surface area contributed by atoms with Crippen molar-refractivity contribution < 1.29 is 5.11 Å². The van der Waals surface area contributed by atoms with Crippen molar-refractivity contribution in [2.24, 2.45) is 11.8 Å². The molecule has 0 aliphatic heterocycles. The van der Waals surface area contributed by atoms with Crippen LogP contribution in [0, 0.1) is 11.8 Å². The van der Waals surface area contributed by atoms with Crippen molar-refractivity contribution in [3.63, 3.8) is 0 Å². The summed E-state index contributed by atoms with van der Waals surface area (Å²) < 4.78 is 0. The van der Waals surface area contributed by atoms with E-state index < -0.39 is 5.60 Å². The highest BCUT2D eigenvalue weighted by Gasteiger charge is 2.21. The van der Waals surface area contributed by atoms with Crippen LogP contribution in [0.2, 0.25) is 0 Å². The molecule has 1 fully saturated rings. The molecule has 1 N–H and O–H groups in total. The Morgan fingerprint density at radius 3 is 2.29 bits per heavy atom. The Kier molecular flexibility index (Phi) is 4.18. The molecule has 0 aromatic carbocycles. The number of aliphatic hydroxyl groups is 1. The number of hydrogen-bond donors (Lipinski definition) is 1. The lowest BCUT2D eigenvalue weighted by molar-refractivity contribution is 0.0619. The molecule has 82 valence electrons. The normalized spacial score (nSPS) is 24.4. The Balaban J connectivity index is 2.44. The van der Waals surface area contributed by atoms with Crippen LogP contribution in [0.5, 0.6) is 0 Å². The monoisotopic (exact) mass is 196 g/mol. The van der Waals surface area contributed by atoms with Gasteiger partial charge in [0.25, 0.3) is 0 Å². The molecular formula is C13H24O. The number of rotatable bonds is 3. The second-order valence-corrected chi connectivity index (χ2v) is 5.14. The smallest absolute Gasteiger partial charge is 0.0822 e. The van der Waals surface area contributed by atoms with Gasteiger partial charge in [0.15, 0.2) is 0 Å². The first kappa shape index (κ1) is 11.8. The molecule has 0 spiro atoms. The van der Waals surface area contributed by atoms with E-state index in [1.807, 2.05) is 13.0 Å². The summed E-state index contributed by atoms with van der Waals surface area (Å²) in [6.45, 7) is 6.02. The fourth-order valence-corrected chi connectivity index (χ4v) is 1.85. The molecule has 1 rings (SSSR count). The molecule has 1 unspecified atom stereocenters. The SMILES string of the molecule is CC(C)C(C)(O)C=CC1CCCCC1. The largest absolute Gasteiger partial charge is 0.386 e. The summed E-state index contributed by atoms with van der Waals surface area (Å²) in [5, 5.41) is 10.0. The number of hydrogen-bond acceptors (Lipinski definition) is 1. The third-order valence-electron chi connectivity index (χ3n) is 3.52. The van der Waals surface area contributed by atoms with Gasteiger partial charge in [-0.2, -0.15) is 0 Å². The molecule has 1 atom stereocenters. The minimum atomic E-state index is -0.628. The maximum atomic E-state index is 10.0. The van der Waals surface area contributed by atoms with Crippen LogP contribution in [-0.2, 0) is 0 Å². The fourth-order valence-electron chi connectivity index (χ4n) is 1.85. The van der Waals surface area contributed by atoms with E-state index in [1.165, 1.54) is 32.1 Å². The lowest BCUT2D eigenvalue weighted by Gasteiger charge is -2.25. The lowest BCUT2D eigenvalue weighted by atomic mass is 9.86. The second-order valence-electron chi connectivity index (χ2n) is 5.14. The standard InChI is InChI=1S/C13H24O/c1-11(2)13(3,14)10-9-12-7-5-4-6-8-12/h9-12,14H,4-8H2,1-3H3. The Hall–Kier alpha value is -0.300. The summed E-state index contributed by atoms with van der Waals surface area (Å²) in [5.74, 6) is 1.01. The Bertz CT molecular complexity index is 185. The topological polar surface area (TPSA) is 20.2 Å². The molecular weight excluding hydrogens is 172 g/mol. The molecule has 1 nitrogen and oxygen atoms in total.